The van der Waals surface area contributed by atoms with Gasteiger partial charge < -0.3 is 4.98 Å². The summed E-state index contributed by atoms with van der Waals surface area (Å²) in [5.41, 5.74) is 2.66. The monoisotopic (exact) mass is 269 g/mol. The molecule has 0 saturated carbocycles. The van der Waals surface area contributed by atoms with Crippen molar-refractivity contribution in [1.82, 2.24) is 4.98 Å². The highest BCUT2D eigenvalue weighted by Crippen LogP contribution is 2.19. The highest BCUT2D eigenvalue weighted by atomic mass is 35.5. The van der Waals surface area contributed by atoms with Crippen LogP contribution < -0.4 is 0 Å². The van der Waals surface area contributed by atoms with Crippen LogP contribution in [-0.4, -0.2) is 10.8 Å². The van der Waals surface area contributed by atoms with Crippen LogP contribution in [-0.2, 0) is 6.42 Å². The second-order valence-electron chi connectivity index (χ2n) is 4.48. The Morgan fingerprint density at radius 2 is 1.95 bits per heavy atom. The molecule has 3 rings (SSSR count). The molecule has 0 atom stereocenters. The molecule has 0 saturated heterocycles. The Morgan fingerprint density at radius 3 is 2.79 bits per heavy atom. The smallest absolute Gasteiger partial charge is 0.168 e. The molecular weight excluding hydrogens is 258 g/mol. The van der Waals surface area contributed by atoms with Crippen molar-refractivity contribution >= 4 is 28.3 Å². The maximum Gasteiger partial charge on any atom is 0.168 e. The fourth-order valence-electron chi connectivity index (χ4n) is 2.18. The molecule has 0 aliphatic rings. The van der Waals surface area contributed by atoms with E-state index < -0.39 is 0 Å². The summed E-state index contributed by atoms with van der Waals surface area (Å²) in [5.74, 6) is 0.0421. The maximum atomic E-state index is 12.2. The summed E-state index contributed by atoms with van der Waals surface area (Å²) < 4.78 is 0. The molecule has 3 aromatic rings. The molecule has 0 spiro atoms. The number of benzene rings is 2. The van der Waals surface area contributed by atoms with Gasteiger partial charge in [0.1, 0.15) is 0 Å². The van der Waals surface area contributed by atoms with E-state index in [4.69, 9.17) is 11.6 Å². The van der Waals surface area contributed by atoms with Crippen LogP contribution in [0.5, 0.6) is 0 Å². The van der Waals surface area contributed by atoms with Gasteiger partial charge in [0.05, 0.1) is 5.02 Å². The van der Waals surface area contributed by atoms with Crippen LogP contribution in [0.4, 0.5) is 0 Å². The van der Waals surface area contributed by atoms with Crippen LogP contribution >= 0.6 is 11.6 Å². The van der Waals surface area contributed by atoms with Crippen molar-refractivity contribution in [3.05, 3.63) is 70.9 Å². The van der Waals surface area contributed by atoms with Crippen molar-refractivity contribution in [2.24, 2.45) is 0 Å². The van der Waals surface area contributed by atoms with E-state index in [1.54, 1.807) is 12.1 Å². The number of Topliss-reactive ketones (excluding diaryl/α,β-unsaturated/α-hetero) is 1. The minimum atomic E-state index is 0.0421. The molecule has 2 aromatic carbocycles. The average molecular weight is 270 g/mol. The van der Waals surface area contributed by atoms with Crippen LogP contribution in [0.1, 0.15) is 15.9 Å². The summed E-state index contributed by atoms with van der Waals surface area (Å²) in [6.07, 6.45) is 2.26. The van der Waals surface area contributed by atoms with Crippen molar-refractivity contribution in [2.75, 3.05) is 0 Å². The zero-order valence-electron chi connectivity index (χ0n) is 10.2. The highest BCUT2D eigenvalue weighted by molar-refractivity contribution is 6.34. The summed E-state index contributed by atoms with van der Waals surface area (Å²) >= 11 is 6.04. The van der Waals surface area contributed by atoms with Gasteiger partial charge >= 0.3 is 0 Å². The summed E-state index contributed by atoms with van der Waals surface area (Å²) in [5, 5.41) is 1.62. The molecule has 0 bridgehead atoms. The molecular formula is C16H12ClNO. The number of aromatic nitrogens is 1. The molecule has 1 aromatic heterocycles. The van der Waals surface area contributed by atoms with E-state index in [1.165, 1.54) is 0 Å². The Hall–Kier alpha value is -2.06. The number of rotatable bonds is 3. The van der Waals surface area contributed by atoms with E-state index in [0.29, 0.717) is 17.0 Å². The molecule has 1 N–H and O–H groups in total. The summed E-state index contributed by atoms with van der Waals surface area (Å²) in [7, 11) is 0. The van der Waals surface area contributed by atoms with E-state index in [2.05, 4.69) is 4.98 Å². The van der Waals surface area contributed by atoms with E-state index in [1.807, 2.05) is 42.6 Å². The largest absolute Gasteiger partial charge is 0.361 e. The lowest BCUT2D eigenvalue weighted by atomic mass is 10.0. The molecule has 19 heavy (non-hydrogen) atoms. The summed E-state index contributed by atoms with van der Waals surface area (Å²) in [6.45, 7) is 0. The predicted molar refractivity (Wildman–Crippen MR) is 77.8 cm³/mol. The fourth-order valence-corrected chi connectivity index (χ4v) is 2.42. The molecule has 94 valence electrons. The Bertz CT molecular complexity index is 745. The van der Waals surface area contributed by atoms with Gasteiger partial charge in [0.25, 0.3) is 0 Å². The molecule has 0 fully saturated rings. The standard InChI is InChI=1S/C16H12ClNO/c17-14-4-2-1-3-13(14)16(19)10-11-5-6-15-12(9-11)7-8-18-15/h1-9,18H,10H2. The Morgan fingerprint density at radius 1 is 1.11 bits per heavy atom. The first-order valence-corrected chi connectivity index (χ1v) is 6.45. The van der Waals surface area contributed by atoms with Gasteiger partial charge in [0.2, 0.25) is 0 Å². The Balaban J connectivity index is 1.88. The number of ketones is 1. The number of H-pyrrole nitrogens is 1. The number of hydrogen-bond donors (Lipinski definition) is 1. The van der Waals surface area contributed by atoms with Gasteiger partial charge in [-0.05, 0) is 41.3 Å². The number of carbonyl (C=O) groups excluding carboxylic acids is 1. The van der Waals surface area contributed by atoms with E-state index in [-0.39, 0.29) is 5.78 Å². The highest BCUT2D eigenvalue weighted by Gasteiger charge is 2.10. The van der Waals surface area contributed by atoms with Gasteiger partial charge in [-0.25, -0.2) is 0 Å². The first-order chi connectivity index (χ1) is 9.24. The quantitative estimate of drug-likeness (QED) is 0.709. The normalized spacial score (nSPS) is 10.8. The van der Waals surface area contributed by atoms with Crippen molar-refractivity contribution in [1.29, 1.82) is 0 Å². The Kier molecular flexibility index (Phi) is 3.10. The van der Waals surface area contributed by atoms with Gasteiger partial charge in [-0.3, -0.25) is 4.79 Å². The lowest BCUT2D eigenvalue weighted by molar-refractivity contribution is 0.0993. The number of fused-ring (bicyclic) bond motifs is 1. The van der Waals surface area contributed by atoms with Gasteiger partial charge in [0.15, 0.2) is 5.78 Å². The zero-order chi connectivity index (χ0) is 13.2. The van der Waals surface area contributed by atoms with Gasteiger partial charge in [0, 0.05) is 23.7 Å². The maximum absolute atomic E-state index is 12.2. The second-order valence-corrected chi connectivity index (χ2v) is 4.89. The Labute approximate surface area is 116 Å². The number of aromatic amines is 1. The van der Waals surface area contributed by atoms with Crippen LogP contribution in [0.25, 0.3) is 10.9 Å². The van der Waals surface area contributed by atoms with Crippen LogP contribution in [0.2, 0.25) is 5.02 Å². The summed E-state index contributed by atoms with van der Waals surface area (Å²) in [4.78, 5) is 15.4. The number of hydrogen-bond acceptors (Lipinski definition) is 1. The molecule has 0 amide bonds. The van der Waals surface area contributed by atoms with E-state index >= 15 is 0 Å². The molecule has 2 nitrogen and oxygen atoms in total. The topological polar surface area (TPSA) is 32.9 Å². The van der Waals surface area contributed by atoms with Gasteiger partial charge in [-0.2, -0.15) is 0 Å². The first kappa shape index (κ1) is 12.0. The van der Waals surface area contributed by atoms with Crippen LogP contribution in [0, 0.1) is 0 Å². The third-order valence-electron chi connectivity index (χ3n) is 3.16. The SMILES string of the molecule is O=C(Cc1ccc2[nH]ccc2c1)c1ccccc1Cl. The van der Waals surface area contributed by atoms with Crippen LogP contribution in [0.15, 0.2) is 54.7 Å². The van der Waals surface area contributed by atoms with E-state index in [0.717, 1.165) is 16.5 Å². The molecule has 3 heteroatoms. The molecule has 0 unspecified atom stereocenters. The van der Waals surface area contributed by atoms with Crippen molar-refractivity contribution < 1.29 is 4.79 Å². The zero-order valence-corrected chi connectivity index (χ0v) is 10.9. The van der Waals surface area contributed by atoms with Crippen LogP contribution in [0.3, 0.4) is 0 Å². The third kappa shape index (κ3) is 2.40. The van der Waals surface area contributed by atoms with Gasteiger partial charge in [-0.15, -0.1) is 0 Å². The lowest BCUT2D eigenvalue weighted by Gasteiger charge is -2.04. The molecule has 0 aliphatic heterocycles. The number of nitrogens with one attached hydrogen (secondary N) is 1. The predicted octanol–water partition coefficient (Wildman–Crippen LogP) is 4.25. The van der Waals surface area contributed by atoms with E-state index in [9.17, 15) is 4.79 Å². The first-order valence-electron chi connectivity index (χ1n) is 6.08. The summed E-state index contributed by atoms with van der Waals surface area (Å²) in [6, 6.07) is 15.1. The lowest BCUT2D eigenvalue weighted by Crippen LogP contribution is -2.04. The van der Waals surface area contributed by atoms with Gasteiger partial charge in [-0.1, -0.05) is 29.8 Å². The third-order valence-corrected chi connectivity index (χ3v) is 3.49. The number of carbonyl (C=O) groups is 1. The fraction of sp³-hybridized carbons (Fsp3) is 0.0625. The van der Waals surface area contributed by atoms with Crippen molar-refractivity contribution in [2.45, 2.75) is 6.42 Å². The molecule has 0 radical (unpaired) electrons. The minimum Gasteiger partial charge on any atom is -0.361 e. The number of halogens is 1. The van der Waals surface area contributed by atoms with Crippen molar-refractivity contribution in [3.8, 4) is 0 Å². The average Bonchev–Trinajstić information content (AvgIpc) is 2.86. The molecule has 1 heterocycles. The second kappa shape index (κ2) is 4.90. The van der Waals surface area contributed by atoms with Crippen molar-refractivity contribution in [3.63, 3.8) is 0 Å². The molecule has 0 aliphatic carbocycles. The minimum absolute atomic E-state index is 0.0421.